The van der Waals surface area contributed by atoms with Crippen LogP contribution in [0.4, 0.5) is 0 Å². The van der Waals surface area contributed by atoms with Gasteiger partial charge in [-0.1, -0.05) is 0 Å². The summed E-state index contributed by atoms with van der Waals surface area (Å²) in [6, 6.07) is 1.24. The van der Waals surface area contributed by atoms with Crippen LogP contribution < -0.4 is 5.63 Å². The summed E-state index contributed by atoms with van der Waals surface area (Å²) in [4.78, 5) is 23.8. The number of ketones is 1. The molecule has 0 aliphatic carbocycles. The maximum absolute atomic E-state index is 12.1. The number of aromatic hydroxyl groups is 1. The number of rotatable bonds is 4. The van der Waals surface area contributed by atoms with Crippen LogP contribution >= 0.6 is 0 Å². The van der Waals surface area contributed by atoms with Gasteiger partial charge in [0, 0.05) is 23.9 Å². The van der Waals surface area contributed by atoms with Gasteiger partial charge in [0.2, 0.25) is 0 Å². The molecule has 0 unspecified atom stereocenters. The van der Waals surface area contributed by atoms with Gasteiger partial charge in [0.25, 0.3) is 0 Å². The van der Waals surface area contributed by atoms with Gasteiger partial charge < -0.3 is 9.52 Å². The average Bonchev–Trinajstić information content (AvgIpc) is 2.70. The predicted octanol–water partition coefficient (Wildman–Crippen LogP) is 2.38. The molecule has 2 rings (SSSR count). The Labute approximate surface area is 127 Å². The monoisotopic (exact) mass is 302 g/mol. The summed E-state index contributed by atoms with van der Waals surface area (Å²) in [7, 11) is 0. The molecule has 2 heterocycles. The molecule has 0 bridgehead atoms. The smallest absolute Gasteiger partial charge is 0.351 e. The minimum absolute atomic E-state index is 0.249. The second-order valence-electron chi connectivity index (χ2n) is 5.00. The van der Waals surface area contributed by atoms with Crippen LogP contribution in [0.15, 0.2) is 21.4 Å². The molecule has 6 heteroatoms. The molecule has 2 aromatic rings. The summed E-state index contributed by atoms with van der Waals surface area (Å²) in [5, 5.41) is 14.1. The predicted molar refractivity (Wildman–Crippen MR) is 82.1 cm³/mol. The van der Waals surface area contributed by atoms with Crippen molar-refractivity contribution in [3.63, 3.8) is 0 Å². The zero-order chi connectivity index (χ0) is 16.4. The van der Waals surface area contributed by atoms with E-state index in [2.05, 4.69) is 5.10 Å². The minimum atomic E-state index is -0.843. The third-order valence-electron chi connectivity index (χ3n) is 3.44. The third kappa shape index (κ3) is 2.86. The number of aryl methyl sites for hydroxylation is 3. The molecule has 0 radical (unpaired) electrons. The van der Waals surface area contributed by atoms with Crippen LogP contribution in [-0.2, 0) is 6.54 Å². The van der Waals surface area contributed by atoms with Gasteiger partial charge in [-0.15, -0.1) is 0 Å². The molecular weight excluding hydrogens is 284 g/mol. The molecule has 0 aliphatic rings. The van der Waals surface area contributed by atoms with E-state index >= 15 is 0 Å². The van der Waals surface area contributed by atoms with Gasteiger partial charge >= 0.3 is 5.63 Å². The Morgan fingerprint density at radius 3 is 2.64 bits per heavy atom. The van der Waals surface area contributed by atoms with Crippen molar-refractivity contribution < 1.29 is 14.3 Å². The Kier molecular flexibility index (Phi) is 4.30. The summed E-state index contributed by atoms with van der Waals surface area (Å²) in [5.41, 5.74) is 1.35. The topological polar surface area (TPSA) is 85.3 Å². The number of hydrogen-bond acceptors (Lipinski definition) is 5. The summed E-state index contributed by atoms with van der Waals surface area (Å²) in [6.07, 6.45) is 2.85. The first-order chi connectivity index (χ1) is 10.3. The molecule has 0 amide bonds. The van der Waals surface area contributed by atoms with E-state index in [-0.39, 0.29) is 17.1 Å². The van der Waals surface area contributed by atoms with Gasteiger partial charge in [-0.3, -0.25) is 9.48 Å². The Balaban J connectivity index is 2.38. The lowest BCUT2D eigenvalue weighted by Crippen LogP contribution is -2.13. The minimum Gasteiger partial charge on any atom is -0.507 e. The largest absolute Gasteiger partial charge is 0.507 e. The molecule has 6 nitrogen and oxygen atoms in total. The number of aromatic nitrogens is 2. The molecule has 0 fully saturated rings. The normalized spacial score (nSPS) is 11.3. The molecule has 0 aliphatic heterocycles. The number of allylic oxidation sites excluding steroid dienone is 1. The van der Waals surface area contributed by atoms with Gasteiger partial charge in [-0.2, -0.15) is 5.10 Å². The van der Waals surface area contributed by atoms with E-state index in [0.717, 1.165) is 23.5 Å². The van der Waals surface area contributed by atoms with Crippen molar-refractivity contribution in [3.8, 4) is 5.75 Å². The van der Waals surface area contributed by atoms with Gasteiger partial charge in [0.1, 0.15) is 17.1 Å². The Morgan fingerprint density at radius 2 is 2.09 bits per heavy atom. The number of carbonyl (C=O) groups is 1. The lowest BCUT2D eigenvalue weighted by molar-refractivity contribution is 0.104. The van der Waals surface area contributed by atoms with E-state index in [0.29, 0.717) is 0 Å². The Bertz CT molecular complexity index is 812. The van der Waals surface area contributed by atoms with Crippen molar-refractivity contribution in [2.24, 2.45) is 0 Å². The quantitative estimate of drug-likeness (QED) is 0.692. The van der Waals surface area contributed by atoms with E-state index in [9.17, 15) is 14.7 Å². The fourth-order valence-corrected chi connectivity index (χ4v) is 2.33. The molecule has 22 heavy (non-hydrogen) atoms. The van der Waals surface area contributed by atoms with Crippen LogP contribution in [-0.4, -0.2) is 20.7 Å². The third-order valence-corrected chi connectivity index (χ3v) is 3.44. The molecule has 0 atom stereocenters. The number of nitrogens with zero attached hydrogens (tertiary/aromatic N) is 2. The summed E-state index contributed by atoms with van der Waals surface area (Å²) >= 11 is 0. The SMILES string of the molecule is CCn1nc(C)c(/C=C/C(=O)c2c(O)cc(C)oc2=O)c1C. The Hall–Kier alpha value is -2.63. The standard InChI is InChI=1S/C16H18N2O4/c1-5-18-11(4)12(10(3)17-18)6-7-13(19)15-14(20)8-9(2)22-16(15)21/h6-8,20H,5H2,1-4H3/b7-6+. The lowest BCUT2D eigenvalue weighted by atomic mass is 10.1. The van der Waals surface area contributed by atoms with Gasteiger partial charge in [0.05, 0.1) is 5.69 Å². The lowest BCUT2D eigenvalue weighted by Gasteiger charge is -2.00. The summed E-state index contributed by atoms with van der Waals surface area (Å²) in [6.45, 7) is 7.99. The second-order valence-corrected chi connectivity index (χ2v) is 5.00. The number of hydrogen-bond donors (Lipinski definition) is 1. The zero-order valence-electron chi connectivity index (χ0n) is 13.0. The highest BCUT2D eigenvalue weighted by atomic mass is 16.4. The maximum atomic E-state index is 12.1. The first kappa shape index (κ1) is 15.8. The first-order valence-corrected chi connectivity index (χ1v) is 6.95. The molecule has 1 N–H and O–H groups in total. The van der Waals surface area contributed by atoms with Crippen molar-refractivity contribution in [3.05, 3.63) is 50.8 Å². The summed E-state index contributed by atoms with van der Waals surface area (Å²) < 4.78 is 6.68. The average molecular weight is 302 g/mol. The molecule has 2 aromatic heterocycles. The molecule has 0 spiro atoms. The van der Waals surface area contributed by atoms with E-state index < -0.39 is 11.4 Å². The van der Waals surface area contributed by atoms with E-state index in [4.69, 9.17) is 4.42 Å². The van der Waals surface area contributed by atoms with E-state index in [1.165, 1.54) is 19.1 Å². The Morgan fingerprint density at radius 1 is 1.41 bits per heavy atom. The molecule has 0 saturated carbocycles. The van der Waals surface area contributed by atoms with Crippen LogP contribution in [0.2, 0.25) is 0 Å². The van der Waals surface area contributed by atoms with Gasteiger partial charge in [0.15, 0.2) is 5.78 Å². The first-order valence-electron chi connectivity index (χ1n) is 6.95. The second kappa shape index (κ2) is 6.01. The molecule has 116 valence electrons. The van der Waals surface area contributed by atoms with Crippen LogP contribution in [0.1, 0.15) is 40.0 Å². The van der Waals surface area contributed by atoms with Crippen LogP contribution in [0.5, 0.6) is 5.75 Å². The van der Waals surface area contributed by atoms with E-state index in [1.54, 1.807) is 6.08 Å². The van der Waals surface area contributed by atoms with Crippen LogP contribution in [0.25, 0.3) is 6.08 Å². The zero-order valence-corrected chi connectivity index (χ0v) is 13.0. The molecule has 0 aromatic carbocycles. The van der Waals surface area contributed by atoms with Gasteiger partial charge in [-0.25, -0.2) is 4.79 Å². The number of carbonyl (C=O) groups excluding carboxylic acids is 1. The maximum Gasteiger partial charge on any atom is 0.351 e. The fraction of sp³-hybridized carbons (Fsp3) is 0.312. The fourth-order valence-electron chi connectivity index (χ4n) is 2.33. The highest BCUT2D eigenvalue weighted by molar-refractivity contribution is 6.08. The van der Waals surface area contributed by atoms with E-state index in [1.807, 2.05) is 25.5 Å². The molecular formula is C16H18N2O4. The molecule has 0 saturated heterocycles. The highest BCUT2D eigenvalue weighted by Gasteiger charge is 2.16. The van der Waals surface area contributed by atoms with Crippen LogP contribution in [0, 0.1) is 20.8 Å². The van der Waals surface area contributed by atoms with Crippen molar-refractivity contribution in [1.29, 1.82) is 0 Å². The van der Waals surface area contributed by atoms with Crippen molar-refractivity contribution in [2.45, 2.75) is 34.2 Å². The van der Waals surface area contributed by atoms with Gasteiger partial charge in [-0.05, 0) is 39.8 Å². The van der Waals surface area contributed by atoms with Crippen molar-refractivity contribution in [1.82, 2.24) is 9.78 Å². The van der Waals surface area contributed by atoms with Crippen molar-refractivity contribution >= 4 is 11.9 Å². The summed E-state index contributed by atoms with van der Waals surface area (Å²) in [5.74, 6) is -0.727. The van der Waals surface area contributed by atoms with Crippen molar-refractivity contribution in [2.75, 3.05) is 0 Å². The highest BCUT2D eigenvalue weighted by Crippen LogP contribution is 2.18. The van der Waals surface area contributed by atoms with Crippen LogP contribution in [0.3, 0.4) is 0 Å².